The van der Waals surface area contributed by atoms with Gasteiger partial charge in [-0.1, -0.05) is 61.5 Å². The molecule has 3 heteroatoms. The summed E-state index contributed by atoms with van der Waals surface area (Å²) in [6.45, 7) is 1.87. The Morgan fingerprint density at radius 2 is 1.90 bits per heavy atom. The Kier molecular flexibility index (Phi) is 4.53. The second-order valence-electron chi connectivity index (χ2n) is 4.54. The maximum absolute atomic E-state index is 11.4. The van der Waals surface area contributed by atoms with Crippen LogP contribution in [0.5, 0.6) is 0 Å². The smallest absolute Gasteiger partial charge is 0.336 e. The highest BCUT2D eigenvalue weighted by Crippen LogP contribution is 2.29. The van der Waals surface area contributed by atoms with E-state index < -0.39 is 5.97 Å². The number of nitrogens with zero attached hydrogens (tertiary/aromatic N) is 1. The summed E-state index contributed by atoms with van der Waals surface area (Å²) in [5, 5.41) is 18.9. The predicted octanol–water partition coefficient (Wildman–Crippen LogP) is 4.10. The van der Waals surface area contributed by atoms with Gasteiger partial charge >= 0.3 is 5.97 Å². The number of allylic oxidation sites excluding steroid dienone is 1. The molecule has 21 heavy (non-hydrogen) atoms. The van der Waals surface area contributed by atoms with Crippen molar-refractivity contribution in [2.75, 3.05) is 0 Å². The van der Waals surface area contributed by atoms with E-state index in [2.05, 4.69) is 6.07 Å². The normalized spacial score (nSPS) is 11.0. The molecule has 2 rings (SSSR count). The quantitative estimate of drug-likeness (QED) is 0.856. The van der Waals surface area contributed by atoms with E-state index in [4.69, 9.17) is 0 Å². The first-order valence-corrected chi connectivity index (χ1v) is 6.71. The number of benzene rings is 2. The molecule has 0 aliphatic rings. The van der Waals surface area contributed by atoms with Gasteiger partial charge in [0, 0.05) is 11.1 Å². The second kappa shape index (κ2) is 6.53. The molecule has 0 aromatic heterocycles. The summed E-state index contributed by atoms with van der Waals surface area (Å²) in [6, 6.07) is 17.0. The van der Waals surface area contributed by atoms with Gasteiger partial charge in [-0.2, -0.15) is 5.26 Å². The van der Waals surface area contributed by atoms with E-state index in [1.807, 2.05) is 43.3 Å². The molecule has 3 nitrogen and oxygen atoms in total. The zero-order chi connectivity index (χ0) is 15.2. The molecule has 1 N–H and O–H groups in total. The lowest BCUT2D eigenvalue weighted by Crippen LogP contribution is -2.03. The molecular formula is C18H15NO2. The van der Waals surface area contributed by atoms with E-state index >= 15 is 0 Å². The Labute approximate surface area is 123 Å². The van der Waals surface area contributed by atoms with Crippen LogP contribution in [-0.4, -0.2) is 11.1 Å². The van der Waals surface area contributed by atoms with Crippen LogP contribution >= 0.6 is 0 Å². The topological polar surface area (TPSA) is 61.1 Å². The van der Waals surface area contributed by atoms with Gasteiger partial charge in [0.05, 0.1) is 11.1 Å². The van der Waals surface area contributed by atoms with E-state index in [1.54, 1.807) is 18.2 Å². The molecule has 2 aromatic rings. The molecule has 0 saturated heterocycles. The van der Waals surface area contributed by atoms with E-state index in [1.165, 1.54) is 0 Å². The van der Waals surface area contributed by atoms with Gasteiger partial charge in [-0.05, 0) is 12.0 Å². The first-order chi connectivity index (χ1) is 10.2. The van der Waals surface area contributed by atoms with Crippen molar-refractivity contribution in [3.63, 3.8) is 0 Å². The van der Waals surface area contributed by atoms with Gasteiger partial charge < -0.3 is 5.11 Å². The maximum atomic E-state index is 11.4. The van der Waals surface area contributed by atoms with E-state index in [9.17, 15) is 15.2 Å². The van der Waals surface area contributed by atoms with Crippen molar-refractivity contribution in [1.82, 2.24) is 0 Å². The minimum Gasteiger partial charge on any atom is -0.478 e. The molecule has 0 radical (unpaired) electrons. The third kappa shape index (κ3) is 3.01. The zero-order valence-corrected chi connectivity index (χ0v) is 11.7. The fourth-order valence-electron chi connectivity index (χ4n) is 2.27. The highest BCUT2D eigenvalue weighted by Gasteiger charge is 2.17. The lowest BCUT2D eigenvalue weighted by atomic mass is 9.92. The minimum atomic E-state index is -1.02. The number of nitriles is 1. The van der Waals surface area contributed by atoms with Crippen molar-refractivity contribution < 1.29 is 9.90 Å². The molecule has 0 saturated carbocycles. The van der Waals surface area contributed by atoms with Crippen LogP contribution < -0.4 is 0 Å². The number of hydrogen-bond donors (Lipinski definition) is 1. The number of rotatable bonds is 4. The van der Waals surface area contributed by atoms with Crippen molar-refractivity contribution >= 4 is 11.5 Å². The van der Waals surface area contributed by atoms with Crippen LogP contribution in [-0.2, 0) is 4.79 Å². The monoisotopic (exact) mass is 277 g/mol. The standard InChI is InChI=1S/C18H15NO2/c1-2-7-16(18(20)21)15-11-6-10-14(17(15)12-19)13-8-4-3-5-9-13/h3-11H,2H2,1H3,(H,20,21). The number of carboxylic acid groups (broad SMARTS) is 1. The summed E-state index contributed by atoms with van der Waals surface area (Å²) in [6.07, 6.45) is 2.23. The van der Waals surface area contributed by atoms with Crippen LogP contribution in [0.2, 0.25) is 0 Å². The van der Waals surface area contributed by atoms with E-state index in [-0.39, 0.29) is 5.57 Å². The van der Waals surface area contributed by atoms with Crippen LogP contribution in [0.15, 0.2) is 54.6 Å². The molecule has 0 amide bonds. The highest BCUT2D eigenvalue weighted by atomic mass is 16.4. The first-order valence-electron chi connectivity index (χ1n) is 6.71. The number of carbonyl (C=O) groups is 1. The average molecular weight is 277 g/mol. The summed E-state index contributed by atoms with van der Waals surface area (Å²) in [7, 11) is 0. The Hall–Kier alpha value is -2.86. The number of carboxylic acids is 1. The van der Waals surface area contributed by atoms with Crippen LogP contribution in [0.4, 0.5) is 0 Å². The summed E-state index contributed by atoms with van der Waals surface area (Å²) in [4.78, 5) is 11.4. The third-order valence-corrected chi connectivity index (χ3v) is 3.19. The zero-order valence-electron chi connectivity index (χ0n) is 11.7. The Morgan fingerprint density at radius 3 is 2.48 bits per heavy atom. The Bertz CT molecular complexity index is 725. The van der Waals surface area contributed by atoms with E-state index in [0.717, 1.165) is 11.1 Å². The van der Waals surface area contributed by atoms with Gasteiger partial charge in [-0.3, -0.25) is 0 Å². The molecule has 0 aliphatic heterocycles. The van der Waals surface area contributed by atoms with Crippen molar-refractivity contribution in [3.8, 4) is 17.2 Å². The Morgan fingerprint density at radius 1 is 1.19 bits per heavy atom. The maximum Gasteiger partial charge on any atom is 0.336 e. The van der Waals surface area contributed by atoms with Gasteiger partial charge in [-0.15, -0.1) is 0 Å². The molecule has 0 bridgehead atoms. The lowest BCUT2D eigenvalue weighted by Gasteiger charge is -2.10. The summed E-state index contributed by atoms with van der Waals surface area (Å²) >= 11 is 0. The van der Waals surface area contributed by atoms with Crippen molar-refractivity contribution in [3.05, 3.63) is 65.7 Å². The van der Waals surface area contributed by atoms with E-state index in [0.29, 0.717) is 17.5 Å². The molecule has 0 atom stereocenters. The average Bonchev–Trinajstić information content (AvgIpc) is 2.52. The van der Waals surface area contributed by atoms with Gasteiger partial charge in [0.15, 0.2) is 0 Å². The van der Waals surface area contributed by atoms with Crippen LogP contribution in [0.25, 0.3) is 16.7 Å². The van der Waals surface area contributed by atoms with Gasteiger partial charge in [0.25, 0.3) is 0 Å². The second-order valence-corrected chi connectivity index (χ2v) is 4.54. The molecular weight excluding hydrogens is 262 g/mol. The molecule has 104 valence electrons. The molecule has 0 fully saturated rings. The summed E-state index contributed by atoms with van der Waals surface area (Å²) in [5.74, 6) is -1.02. The van der Waals surface area contributed by atoms with Crippen molar-refractivity contribution in [2.45, 2.75) is 13.3 Å². The number of aliphatic carboxylic acids is 1. The lowest BCUT2D eigenvalue weighted by molar-refractivity contribution is -0.130. The van der Waals surface area contributed by atoms with Gasteiger partial charge in [-0.25, -0.2) is 4.79 Å². The summed E-state index contributed by atoms with van der Waals surface area (Å²) in [5.41, 5.74) is 2.68. The fourth-order valence-corrected chi connectivity index (χ4v) is 2.27. The molecule has 0 aliphatic carbocycles. The summed E-state index contributed by atoms with van der Waals surface area (Å²) < 4.78 is 0. The van der Waals surface area contributed by atoms with Crippen molar-refractivity contribution in [2.24, 2.45) is 0 Å². The van der Waals surface area contributed by atoms with Gasteiger partial charge in [0.1, 0.15) is 6.07 Å². The predicted molar refractivity (Wildman–Crippen MR) is 82.5 cm³/mol. The molecule has 0 spiro atoms. The third-order valence-electron chi connectivity index (χ3n) is 3.19. The molecule has 2 aromatic carbocycles. The van der Waals surface area contributed by atoms with Crippen LogP contribution in [0, 0.1) is 11.3 Å². The largest absolute Gasteiger partial charge is 0.478 e. The molecule has 0 unspecified atom stereocenters. The number of hydrogen-bond acceptors (Lipinski definition) is 2. The molecule has 0 heterocycles. The first kappa shape index (κ1) is 14.5. The Balaban J connectivity index is 2.68. The van der Waals surface area contributed by atoms with Crippen LogP contribution in [0.1, 0.15) is 24.5 Å². The van der Waals surface area contributed by atoms with Crippen LogP contribution in [0.3, 0.4) is 0 Å². The fraction of sp³-hybridized carbons (Fsp3) is 0.111. The van der Waals surface area contributed by atoms with Crippen molar-refractivity contribution in [1.29, 1.82) is 5.26 Å². The highest BCUT2D eigenvalue weighted by molar-refractivity contribution is 6.16. The minimum absolute atomic E-state index is 0.173. The SMILES string of the molecule is CCC=C(C(=O)O)c1cccc(-c2ccccc2)c1C#N. The van der Waals surface area contributed by atoms with Gasteiger partial charge in [0.2, 0.25) is 0 Å².